The second-order valence-corrected chi connectivity index (χ2v) is 4.99. The average molecular weight is 275 g/mol. The van der Waals surface area contributed by atoms with E-state index in [1.807, 2.05) is 25.1 Å². The molecule has 0 saturated heterocycles. The summed E-state index contributed by atoms with van der Waals surface area (Å²) >= 11 is 0. The van der Waals surface area contributed by atoms with E-state index >= 15 is 0 Å². The maximum absolute atomic E-state index is 4.34. The number of nitrogens with one attached hydrogen (secondary N) is 1. The fourth-order valence-electron chi connectivity index (χ4n) is 2.47. The van der Waals surface area contributed by atoms with Crippen LogP contribution in [0.25, 0.3) is 16.4 Å². The van der Waals surface area contributed by atoms with Gasteiger partial charge in [-0.15, -0.1) is 10.2 Å². The Morgan fingerprint density at radius 2 is 1.86 bits per heavy atom. The van der Waals surface area contributed by atoms with E-state index in [1.165, 1.54) is 10.8 Å². The first-order valence-electron chi connectivity index (χ1n) is 6.73. The molecule has 21 heavy (non-hydrogen) atoms. The highest BCUT2D eigenvalue weighted by molar-refractivity contribution is 5.87. The summed E-state index contributed by atoms with van der Waals surface area (Å²) in [5.41, 5.74) is 3.54. The zero-order valence-corrected chi connectivity index (χ0v) is 11.5. The number of hydrogen-bond acceptors (Lipinski definition) is 4. The van der Waals surface area contributed by atoms with Crippen LogP contribution in [0.2, 0.25) is 0 Å². The van der Waals surface area contributed by atoms with Crippen molar-refractivity contribution in [2.24, 2.45) is 0 Å². The van der Waals surface area contributed by atoms with Gasteiger partial charge in [-0.1, -0.05) is 30.3 Å². The molecule has 0 radical (unpaired) electrons. The van der Waals surface area contributed by atoms with Crippen molar-refractivity contribution < 1.29 is 0 Å². The third kappa shape index (κ3) is 2.08. The van der Waals surface area contributed by atoms with E-state index in [0.29, 0.717) is 5.65 Å². The van der Waals surface area contributed by atoms with Gasteiger partial charge in [0.1, 0.15) is 6.33 Å². The molecule has 0 aliphatic rings. The molecule has 4 aromatic rings. The fraction of sp³-hybridized carbons (Fsp3) is 0.0625. The molecule has 4 rings (SSSR count). The first-order chi connectivity index (χ1) is 10.3. The molecule has 0 atom stereocenters. The van der Waals surface area contributed by atoms with E-state index in [4.69, 9.17) is 0 Å². The number of rotatable bonds is 2. The summed E-state index contributed by atoms with van der Waals surface area (Å²) in [5.74, 6) is 0. The predicted molar refractivity (Wildman–Crippen MR) is 82.7 cm³/mol. The Morgan fingerprint density at radius 3 is 2.76 bits per heavy atom. The van der Waals surface area contributed by atoms with Gasteiger partial charge >= 0.3 is 0 Å². The van der Waals surface area contributed by atoms with Crippen molar-refractivity contribution in [3.05, 3.63) is 60.6 Å². The summed E-state index contributed by atoms with van der Waals surface area (Å²) in [7, 11) is 0. The van der Waals surface area contributed by atoms with Gasteiger partial charge < -0.3 is 5.32 Å². The van der Waals surface area contributed by atoms with Gasteiger partial charge in [0, 0.05) is 5.69 Å². The number of fused-ring (bicyclic) bond motifs is 2. The van der Waals surface area contributed by atoms with Crippen molar-refractivity contribution in [3.8, 4) is 0 Å². The molecule has 0 bridgehead atoms. The number of nitrogens with zero attached hydrogens (tertiary/aromatic N) is 4. The standard InChI is InChI=1S/C16H13N5/c1-11-8-15(16-19-17-10-21(16)20-11)18-14-7-6-12-4-2-3-5-13(12)9-14/h2-10,18H,1H3. The maximum Gasteiger partial charge on any atom is 0.201 e. The summed E-state index contributed by atoms with van der Waals surface area (Å²) in [6, 6.07) is 16.5. The normalized spacial score (nSPS) is 11.1. The van der Waals surface area contributed by atoms with Gasteiger partial charge in [0.2, 0.25) is 5.65 Å². The van der Waals surface area contributed by atoms with Gasteiger partial charge in [-0.2, -0.15) is 9.61 Å². The minimum atomic E-state index is 0.716. The Balaban J connectivity index is 1.80. The summed E-state index contributed by atoms with van der Waals surface area (Å²) < 4.78 is 1.68. The van der Waals surface area contributed by atoms with Crippen LogP contribution < -0.4 is 5.32 Å². The zero-order chi connectivity index (χ0) is 14.2. The van der Waals surface area contributed by atoms with Gasteiger partial charge in [-0.25, -0.2) is 0 Å². The smallest absolute Gasteiger partial charge is 0.201 e. The van der Waals surface area contributed by atoms with Crippen LogP contribution in [0.5, 0.6) is 0 Å². The molecule has 0 fully saturated rings. The molecule has 0 aliphatic heterocycles. The number of anilines is 2. The van der Waals surface area contributed by atoms with Crippen LogP contribution in [0.3, 0.4) is 0 Å². The minimum Gasteiger partial charge on any atom is -0.352 e. The summed E-state index contributed by atoms with van der Waals surface area (Å²) in [6.45, 7) is 1.95. The van der Waals surface area contributed by atoms with Crippen molar-refractivity contribution in [1.82, 2.24) is 19.8 Å². The van der Waals surface area contributed by atoms with E-state index in [9.17, 15) is 0 Å². The first-order valence-corrected chi connectivity index (χ1v) is 6.73. The van der Waals surface area contributed by atoms with Gasteiger partial charge in [-0.05, 0) is 35.9 Å². The quantitative estimate of drug-likeness (QED) is 0.609. The lowest BCUT2D eigenvalue weighted by Gasteiger charge is -2.09. The molecule has 0 amide bonds. The highest BCUT2D eigenvalue weighted by Crippen LogP contribution is 2.24. The van der Waals surface area contributed by atoms with E-state index in [1.54, 1.807) is 10.8 Å². The monoisotopic (exact) mass is 275 g/mol. The van der Waals surface area contributed by atoms with Crippen molar-refractivity contribution in [2.45, 2.75) is 6.92 Å². The average Bonchev–Trinajstić information content (AvgIpc) is 2.95. The summed E-state index contributed by atoms with van der Waals surface area (Å²) in [4.78, 5) is 0. The lowest BCUT2D eigenvalue weighted by atomic mass is 10.1. The van der Waals surface area contributed by atoms with Crippen molar-refractivity contribution >= 4 is 27.8 Å². The van der Waals surface area contributed by atoms with Crippen molar-refractivity contribution in [1.29, 1.82) is 0 Å². The van der Waals surface area contributed by atoms with Gasteiger partial charge in [0.15, 0.2) is 0 Å². The Hall–Kier alpha value is -2.95. The lowest BCUT2D eigenvalue weighted by molar-refractivity contribution is 0.895. The van der Waals surface area contributed by atoms with Gasteiger partial charge in [0.25, 0.3) is 0 Å². The molecule has 2 heterocycles. The minimum absolute atomic E-state index is 0.716. The molecule has 0 spiro atoms. The highest BCUT2D eigenvalue weighted by Gasteiger charge is 2.06. The Bertz CT molecular complexity index is 942. The number of benzene rings is 2. The zero-order valence-electron chi connectivity index (χ0n) is 11.5. The number of aryl methyl sites for hydroxylation is 1. The predicted octanol–water partition coefficient (Wildman–Crippen LogP) is 3.33. The van der Waals surface area contributed by atoms with Gasteiger partial charge in [-0.3, -0.25) is 0 Å². The van der Waals surface area contributed by atoms with E-state index in [2.05, 4.69) is 50.9 Å². The van der Waals surface area contributed by atoms with Crippen LogP contribution in [0, 0.1) is 6.92 Å². The Kier molecular flexibility index (Phi) is 2.57. The van der Waals surface area contributed by atoms with E-state index < -0.39 is 0 Å². The van der Waals surface area contributed by atoms with Crippen LogP contribution in [0.4, 0.5) is 11.4 Å². The maximum atomic E-state index is 4.34. The molecule has 1 N–H and O–H groups in total. The third-order valence-corrected chi connectivity index (χ3v) is 3.42. The van der Waals surface area contributed by atoms with Crippen molar-refractivity contribution in [2.75, 3.05) is 5.32 Å². The molecule has 2 aromatic carbocycles. The lowest BCUT2D eigenvalue weighted by Crippen LogP contribution is -1.99. The van der Waals surface area contributed by atoms with Gasteiger partial charge in [0.05, 0.1) is 11.4 Å². The summed E-state index contributed by atoms with van der Waals surface area (Å²) in [6.07, 6.45) is 1.61. The van der Waals surface area contributed by atoms with E-state index in [0.717, 1.165) is 17.1 Å². The highest BCUT2D eigenvalue weighted by atomic mass is 15.3. The number of hydrogen-bond donors (Lipinski definition) is 1. The second-order valence-electron chi connectivity index (χ2n) is 4.99. The molecule has 0 aliphatic carbocycles. The Morgan fingerprint density at radius 1 is 1.00 bits per heavy atom. The first kappa shape index (κ1) is 11.8. The third-order valence-electron chi connectivity index (χ3n) is 3.42. The van der Waals surface area contributed by atoms with Crippen LogP contribution in [0.1, 0.15) is 5.69 Å². The number of aromatic nitrogens is 4. The van der Waals surface area contributed by atoms with Crippen LogP contribution in [0.15, 0.2) is 54.9 Å². The fourth-order valence-corrected chi connectivity index (χ4v) is 2.47. The SMILES string of the molecule is Cc1cc(Nc2ccc3ccccc3c2)c2nncn2n1. The molecule has 5 heteroatoms. The molecular weight excluding hydrogens is 262 g/mol. The largest absolute Gasteiger partial charge is 0.352 e. The molecular formula is C16H13N5. The van der Waals surface area contributed by atoms with Crippen LogP contribution >= 0.6 is 0 Å². The molecule has 0 unspecified atom stereocenters. The molecule has 5 nitrogen and oxygen atoms in total. The Labute approximate surface area is 121 Å². The molecule has 2 aromatic heterocycles. The molecule has 0 saturated carbocycles. The van der Waals surface area contributed by atoms with E-state index in [-0.39, 0.29) is 0 Å². The van der Waals surface area contributed by atoms with Crippen LogP contribution in [-0.2, 0) is 0 Å². The van der Waals surface area contributed by atoms with Crippen molar-refractivity contribution in [3.63, 3.8) is 0 Å². The molecule has 102 valence electrons. The second kappa shape index (κ2) is 4.56. The topological polar surface area (TPSA) is 55.1 Å². The van der Waals surface area contributed by atoms with Crippen LogP contribution in [-0.4, -0.2) is 19.8 Å². The summed E-state index contributed by atoms with van der Waals surface area (Å²) in [5, 5.41) is 18.2.